The average Bonchev–Trinajstić information content (AvgIpc) is 2.45. The molecule has 0 bridgehead atoms. The first-order valence-electron chi connectivity index (χ1n) is 6.48. The van der Waals surface area contributed by atoms with Gasteiger partial charge in [0.2, 0.25) is 0 Å². The third-order valence-corrected chi connectivity index (χ3v) is 3.71. The molecule has 0 saturated carbocycles. The van der Waals surface area contributed by atoms with E-state index in [1.807, 2.05) is 31.2 Å². The Hall–Kier alpha value is -1.23. The van der Waals surface area contributed by atoms with Crippen molar-refractivity contribution in [2.75, 3.05) is 6.54 Å². The summed E-state index contributed by atoms with van der Waals surface area (Å²) in [6, 6.07) is 14.1. The number of nitrogens with one attached hydrogen (secondary N) is 1. The van der Waals surface area contributed by atoms with E-state index in [9.17, 15) is 9.50 Å². The van der Waals surface area contributed by atoms with Crippen LogP contribution in [0.3, 0.4) is 0 Å². The lowest BCUT2D eigenvalue weighted by Crippen LogP contribution is -2.24. The maximum atomic E-state index is 12.8. The summed E-state index contributed by atoms with van der Waals surface area (Å²) in [6.45, 7) is 2.46. The standard InChI is InChI=1S/C16H17BrFNO/c1-11(13-3-2-4-14(17)9-13)19-10-16(20)12-5-7-15(18)8-6-12/h2-9,11,16,19-20H,10H2,1H3/t11-,16?/m1/s1. The molecule has 2 N–H and O–H groups in total. The van der Waals surface area contributed by atoms with Crippen LogP contribution in [0.5, 0.6) is 0 Å². The molecule has 2 atom stereocenters. The van der Waals surface area contributed by atoms with Crippen LogP contribution in [0.15, 0.2) is 53.0 Å². The molecule has 2 aromatic carbocycles. The van der Waals surface area contributed by atoms with E-state index in [2.05, 4.69) is 21.2 Å². The third kappa shape index (κ3) is 4.13. The first-order chi connectivity index (χ1) is 9.56. The van der Waals surface area contributed by atoms with Gasteiger partial charge in [-0.15, -0.1) is 0 Å². The topological polar surface area (TPSA) is 32.3 Å². The largest absolute Gasteiger partial charge is 0.387 e. The van der Waals surface area contributed by atoms with E-state index in [1.54, 1.807) is 12.1 Å². The predicted octanol–water partition coefficient (Wildman–Crippen LogP) is 3.97. The summed E-state index contributed by atoms with van der Waals surface area (Å²) in [5.41, 5.74) is 1.85. The van der Waals surface area contributed by atoms with E-state index in [4.69, 9.17) is 0 Å². The summed E-state index contributed by atoms with van der Waals surface area (Å²) in [5, 5.41) is 13.3. The van der Waals surface area contributed by atoms with Gasteiger partial charge in [-0.2, -0.15) is 0 Å². The highest BCUT2D eigenvalue weighted by Crippen LogP contribution is 2.19. The van der Waals surface area contributed by atoms with Gasteiger partial charge in [-0.3, -0.25) is 0 Å². The number of aliphatic hydroxyl groups excluding tert-OH is 1. The average molecular weight is 338 g/mol. The molecular formula is C16H17BrFNO. The Morgan fingerprint density at radius 2 is 1.85 bits per heavy atom. The Morgan fingerprint density at radius 1 is 1.15 bits per heavy atom. The van der Waals surface area contributed by atoms with Crippen molar-refractivity contribution in [2.45, 2.75) is 19.1 Å². The van der Waals surface area contributed by atoms with Gasteiger partial charge in [0.05, 0.1) is 6.10 Å². The van der Waals surface area contributed by atoms with Crippen molar-refractivity contribution < 1.29 is 9.50 Å². The Morgan fingerprint density at radius 3 is 2.50 bits per heavy atom. The Kier molecular flexibility index (Phi) is 5.29. The van der Waals surface area contributed by atoms with Crippen LogP contribution in [0, 0.1) is 5.82 Å². The van der Waals surface area contributed by atoms with E-state index in [0.29, 0.717) is 12.1 Å². The molecule has 20 heavy (non-hydrogen) atoms. The Bertz CT molecular complexity index is 559. The summed E-state index contributed by atoms with van der Waals surface area (Å²) in [6.07, 6.45) is -0.648. The fourth-order valence-electron chi connectivity index (χ4n) is 1.98. The van der Waals surface area contributed by atoms with Crippen LogP contribution in [0.1, 0.15) is 30.2 Å². The van der Waals surface area contributed by atoms with Crippen molar-refractivity contribution in [3.63, 3.8) is 0 Å². The summed E-state index contributed by atoms with van der Waals surface area (Å²) in [4.78, 5) is 0. The number of hydrogen-bond acceptors (Lipinski definition) is 2. The maximum absolute atomic E-state index is 12.8. The third-order valence-electron chi connectivity index (χ3n) is 3.22. The van der Waals surface area contributed by atoms with Gasteiger partial charge in [0, 0.05) is 17.1 Å². The van der Waals surface area contributed by atoms with Crippen LogP contribution in [-0.4, -0.2) is 11.7 Å². The van der Waals surface area contributed by atoms with Crippen LogP contribution < -0.4 is 5.32 Å². The van der Waals surface area contributed by atoms with Crippen LogP contribution in [0.4, 0.5) is 4.39 Å². The molecule has 2 aromatic rings. The van der Waals surface area contributed by atoms with Gasteiger partial charge >= 0.3 is 0 Å². The van der Waals surface area contributed by atoms with E-state index in [1.165, 1.54) is 12.1 Å². The summed E-state index contributed by atoms with van der Waals surface area (Å²) in [7, 11) is 0. The van der Waals surface area contributed by atoms with Crippen molar-refractivity contribution >= 4 is 15.9 Å². The molecule has 0 aliphatic heterocycles. The zero-order chi connectivity index (χ0) is 14.5. The Labute approximate surface area is 126 Å². The minimum Gasteiger partial charge on any atom is -0.387 e. The van der Waals surface area contributed by atoms with Crippen molar-refractivity contribution in [2.24, 2.45) is 0 Å². The highest BCUT2D eigenvalue weighted by atomic mass is 79.9. The van der Waals surface area contributed by atoms with Gasteiger partial charge in [0.25, 0.3) is 0 Å². The first kappa shape index (κ1) is 15.2. The minimum atomic E-state index is -0.648. The van der Waals surface area contributed by atoms with Gasteiger partial charge < -0.3 is 10.4 Å². The highest BCUT2D eigenvalue weighted by Gasteiger charge is 2.10. The highest BCUT2D eigenvalue weighted by molar-refractivity contribution is 9.10. The van der Waals surface area contributed by atoms with E-state index < -0.39 is 6.10 Å². The molecule has 0 fully saturated rings. The molecule has 0 amide bonds. The van der Waals surface area contributed by atoms with Crippen molar-refractivity contribution in [3.05, 3.63) is 69.9 Å². The van der Waals surface area contributed by atoms with Gasteiger partial charge in [-0.05, 0) is 42.3 Å². The molecule has 0 heterocycles. The molecule has 0 spiro atoms. The summed E-state index contributed by atoms with van der Waals surface area (Å²) >= 11 is 3.44. The molecule has 106 valence electrons. The fraction of sp³-hybridized carbons (Fsp3) is 0.250. The van der Waals surface area contributed by atoms with Crippen LogP contribution >= 0.6 is 15.9 Å². The lowest BCUT2D eigenvalue weighted by molar-refractivity contribution is 0.170. The molecule has 0 aromatic heterocycles. The lowest BCUT2D eigenvalue weighted by atomic mass is 10.1. The van der Waals surface area contributed by atoms with Gasteiger partial charge in [-0.1, -0.05) is 40.2 Å². The van der Waals surface area contributed by atoms with Gasteiger partial charge in [0.1, 0.15) is 5.82 Å². The van der Waals surface area contributed by atoms with Crippen LogP contribution in [0.2, 0.25) is 0 Å². The number of aliphatic hydroxyl groups is 1. The predicted molar refractivity (Wildman–Crippen MR) is 81.9 cm³/mol. The van der Waals surface area contributed by atoms with E-state index in [0.717, 1.165) is 10.0 Å². The Balaban J connectivity index is 1.93. The summed E-state index contributed by atoms with van der Waals surface area (Å²) in [5.74, 6) is -0.295. The zero-order valence-corrected chi connectivity index (χ0v) is 12.8. The molecule has 2 rings (SSSR count). The quantitative estimate of drug-likeness (QED) is 0.865. The first-order valence-corrected chi connectivity index (χ1v) is 7.28. The smallest absolute Gasteiger partial charge is 0.123 e. The number of benzene rings is 2. The van der Waals surface area contributed by atoms with Gasteiger partial charge in [-0.25, -0.2) is 4.39 Å². The summed E-state index contributed by atoms with van der Waals surface area (Å²) < 4.78 is 13.9. The van der Waals surface area contributed by atoms with Crippen molar-refractivity contribution in [1.82, 2.24) is 5.32 Å². The molecule has 0 aliphatic carbocycles. The fourth-order valence-corrected chi connectivity index (χ4v) is 2.40. The zero-order valence-electron chi connectivity index (χ0n) is 11.2. The second-order valence-corrected chi connectivity index (χ2v) is 5.67. The van der Waals surface area contributed by atoms with E-state index >= 15 is 0 Å². The molecular weight excluding hydrogens is 321 g/mol. The monoisotopic (exact) mass is 337 g/mol. The second-order valence-electron chi connectivity index (χ2n) is 4.75. The second kappa shape index (κ2) is 6.97. The lowest BCUT2D eigenvalue weighted by Gasteiger charge is -2.18. The molecule has 0 aliphatic rings. The molecule has 4 heteroatoms. The van der Waals surface area contributed by atoms with Crippen molar-refractivity contribution in [3.8, 4) is 0 Å². The number of rotatable bonds is 5. The van der Waals surface area contributed by atoms with Crippen LogP contribution in [0.25, 0.3) is 0 Å². The van der Waals surface area contributed by atoms with Gasteiger partial charge in [0.15, 0.2) is 0 Å². The normalized spacial score (nSPS) is 14.0. The number of halogens is 2. The molecule has 1 unspecified atom stereocenters. The SMILES string of the molecule is C[C@@H](NCC(O)c1ccc(F)cc1)c1cccc(Br)c1. The van der Waals surface area contributed by atoms with E-state index in [-0.39, 0.29) is 11.9 Å². The van der Waals surface area contributed by atoms with Crippen molar-refractivity contribution in [1.29, 1.82) is 0 Å². The maximum Gasteiger partial charge on any atom is 0.123 e. The van der Waals surface area contributed by atoms with Crippen LogP contribution in [-0.2, 0) is 0 Å². The molecule has 0 radical (unpaired) electrons. The molecule has 2 nitrogen and oxygen atoms in total. The minimum absolute atomic E-state index is 0.127. The number of hydrogen-bond donors (Lipinski definition) is 2. The molecule has 0 saturated heterocycles.